The van der Waals surface area contributed by atoms with Crippen molar-refractivity contribution in [2.24, 2.45) is 5.41 Å². The van der Waals surface area contributed by atoms with Gasteiger partial charge in [0.25, 0.3) is 18.9 Å². The molecule has 2 atom stereocenters. The molecule has 2 aliphatic rings. The van der Waals surface area contributed by atoms with E-state index in [1.165, 1.54) is 12.1 Å². The molecule has 3 rings (SSSR count). The van der Waals surface area contributed by atoms with Crippen LogP contribution in [0.15, 0.2) is 16.9 Å². The molecule has 3 heterocycles. The fourth-order valence-electron chi connectivity index (χ4n) is 4.07. The van der Waals surface area contributed by atoms with Gasteiger partial charge in [0.2, 0.25) is 0 Å². The van der Waals surface area contributed by atoms with E-state index in [0.717, 1.165) is 32.4 Å². The van der Waals surface area contributed by atoms with Gasteiger partial charge in [0.15, 0.2) is 5.43 Å². The highest BCUT2D eigenvalue weighted by Gasteiger charge is 2.45. The summed E-state index contributed by atoms with van der Waals surface area (Å²) in [4.78, 5) is 48.2. The third kappa shape index (κ3) is 6.68. The van der Waals surface area contributed by atoms with Crippen molar-refractivity contribution >= 4 is 18.9 Å². The number of likely N-dealkylation sites (tertiary alicyclic amines) is 2. The number of aryl methyl sites for hydroxylation is 1. The van der Waals surface area contributed by atoms with E-state index in [1.807, 2.05) is 0 Å². The normalized spacial score (nSPS) is 23.8. The van der Waals surface area contributed by atoms with Crippen molar-refractivity contribution < 1.29 is 29.7 Å². The standard InChI is InChI=1S/C17H25N3O3.2CH2O2/c1-12-8-13(21)9-14(18-12)16(23)20-6-3-5-17(11-20)10-19(2)7-4-15(17)22;2*2-1-3/h8-9,15,22H,3-7,10-11H2,1-2H3,(H,18,21);2*1H,(H,2,3)/t15-,17-;;/m0../s1. The van der Waals surface area contributed by atoms with Crippen molar-refractivity contribution in [3.63, 3.8) is 0 Å². The molecular weight excluding hydrogens is 382 g/mol. The number of aromatic amines is 1. The Bertz CT molecular complexity index is 746. The maximum atomic E-state index is 12.8. The molecule has 1 spiro atoms. The van der Waals surface area contributed by atoms with E-state index in [4.69, 9.17) is 19.8 Å². The number of aliphatic hydroxyl groups is 1. The maximum absolute atomic E-state index is 12.8. The first-order chi connectivity index (χ1) is 13.7. The van der Waals surface area contributed by atoms with Gasteiger partial charge in [-0.05, 0) is 33.2 Å². The van der Waals surface area contributed by atoms with E-state index in [2.05, 4.69) is 16.9 Å². The number of carboxylic acid groups (broad SMARTS) is 2. The molecule has 29 heavy (non-hydrogen) atoms. The van der Waals surface area contributed by atoms with E-state index >= 15 is 0 Å². The van der Waals surface area contributed by atoms with Gasteiger partial charge in [0.05, 0.1) is 6.10 Å². The van der Waals surface area contributed by atoms with Gasteiger partial charge in [-0.25, -0.2) is 0 Å². The second-order valence-corrected chi connectivity index (χ2v) is 7.36. The lowest BCUT2D eigenvalue weighted by Gasteiger charge is -2.50. The molecule has 0 aromatic carbocycles. The topological polar surface area (TPSA) is 151 Å². The Morgan fingerprint density at radius 2 is 1.83 bits per heavy atom. The van der Waals surface area contributed by atoms with Crippen molar-refractivity contribution in [2.45, 2.75) is 32.3 Å². The molecule has 4 N–H and O–H groups in total. The van der Waals surface area contributed by atoms with Gasteiger partial charge in [-0.15, -0.1) is 0 Å². The summed E-state index contributed by atoms with van der Waals surface area (Å²) in [7, 11) is 2.06. The van der Waals surface area contributed by atoms with Crippen molar-refractivity contribution in [3.05, 3.63) is 33.7 Å². The molecule has 2 saturated heterocycles. The lowest BCUT2D eigenvalue weighted by atomic mass is 9.71. The zero-order valence-corrected chi connectivity index (χ0v) is 16.7. The highest BCUT2D eigenvalue weighted by Crippen LogP contribution is 2.38. The summed E-state index contributed by atoms with van der Waals surface area (Å²) < 4.78 is 0. The number of piperidine rings is 2. The first-order valence-electron chi connectivity index (χ1n) is 9.25. The third-order valence-corrected chi connectivity index (χ3v) is 5.18. The molecule has 0 bridgehead atoms. The predicted octanol–water partition coefficient (Wildman–Crippen LogP) is 0.00372. The number of hydrogen-bond acceptors (Lipinski definition) is 6. The van der Waals surface area contributed by atoms with E-state index in [1.54, 1.807) is 11.8 Å². The Balaban J connectivity index is 0.000000626. The lowest BCUT2D eigenvalue weighted by Crippen LogP contribution is -2.59. The first-order valence-corrected chi connectivity index (χ1v) is 9.25. The molecule has 0 saturated carbocycles. The van der Waals surface area contributed by atoms with E-state index in [-0.39, 0.29) is 35.8 Å². The highest BCUT2D eigenvalue weighted by atomic mass is 16.3. The van der Waals surface area contributed by atoms with Crippen LogP contribution in [-0.4, -0.2) is 88.3 Å². The van der Waals surface area contributed by atoms with Gasteiger partial charge >= 0.3 is 0 Å². The van der Waals surface area contributed by atoms with Crippen LogP contribution < -0.4 is 5.43 Å². The zero-order chi connectivity index (χ0) is 22.0. The zero-order valence-electron chi connectivity index (χ0n) is 16.7. The van der Waals surface area contributed by atoms with Gasteiger partial charge in [0, 0.05) is 49.4 Å². The molecule has 1 aromatic rings. The second-order valence-electron chi connectivity index (χ2n) is 7.36. The minimum Gasteiger partial charge on any atom is -0.483 e. The number of hydrogen-bond donors (Lipinski definition) is 4. The summed E-state index contributed by atoms with van der Waals surface area (Å²) in [6.45, 7) is 4.19. The Labute approximate surface area is 168 Å². The van der Waals surface area contributed by atoms with Crippen molar-refractivity contribution in [2.75, 3.05) is 33.2 Å². The molecule has 0 aliphatic carbocycles. The fraction of sp³-hybridized carbons (Fsp3) is 0.579. The van der Waals surface area contributed by atoms with Gasteiger partial charge in [-0.2, -0.15) is 0 Å². The summed E-state index contributed by atoms with van der Waals surface area (Å²) in [6.07, 6.45) is 2.20. The third-order valence-electron chi connectivity index (χ3n) is 5.18. The number of nitrogens with zero attached hydrogens (tertiary/aromatic N) is 2. The van der Waals surface area contributed by atoms with Crippen LogP contribution >= 0.6 is 0 Å². The Morgan fingerprint density at radius 1 is 1.21 bits per heavy atom. The van der Waals surface area contributed by atoms with Gasteiger partial charge in [0.1, 0.15) is 5.69 Å². The van der Waals surface area contributed by atoms with E-state index in [0.29, 0.717) is 24.5 Å². The SMILES string of the molecule is Cc1cc(=O)cc(C(=O)N2CCC[C@]3(CN(C)CC[C@@H]3O)C2)[nH]1.O=CO.O=CO. The summed E-state index contributed by atoms with van der Waals surface area (Å²) in [5.74, 6) is -0.148. The summed E-state index contributed by atoms with van der Waals surface area (Å²) >= 11 is 0. The number of aliphatic hydroxyl groups excluding tert-OH is 1. The quantitative estimate of drug-likeness (QED) is 0.472. The van der Waals surface area contributed by atoms with Crippen LogP contribution in [0.2, 0.25) is 0 Å². The summed E-state index contributed by atoms with van der Waals surface area (Å²) in [5.41, 5.74) is 0.620. The molecular formula is C19H29N3O7. The number of carbonyl (C=O) groups is 3. The molecule has 0 unspecified atom stereocenters. The van der Waals surface area contributed by atoms with Crippen molar-refractivity contribution in [3.8, 4) is 0 Å². The van der Waals surface area contributed by atoms with Crippen LogP contribution in [-0.2, 0) is 9.59 Å². The smallest absolute Gasteiger partial charge is 0.290 e. The number of H-pyrrole nitrogens is 1. The van der Waals surface area contributed by atoms with Crippen LogP contribution in [0.5, 0.6) is 0 Å². The van der Waals surface area contributed by atoms with Crippen molar-refractivity contribution in [1.82, 2.24) is 14.8 Å². The molecule has 0 radical (unpaired) electrons. The monoisotopic (exact) mass is 411 g/mol. The predicted molar refractivity (Wildman–Crippen MR) is 105 cm³/mol. The van der Waals surface area contributed by atoms with E-state index in [9.17, 15) is 14.7 Å². The Morgan fingerprint density at radius 3 is 2.41 bits per heavy atom. The molecule has 2 aliphatic heterocycles. The van der Waals surface area contributed by atoms with Gasteiger partial charge < -0.3 is 30.1 Å². The van der Waals surface area contributed by atoms with Gasteiger partial charge in [-0.1, -0.05) is 0 Å². The Hall–Kier alpha value is -2.72. The minimum absolute atomic E-state index is 0.148. The number of amides is 1. The summed E-state index contributed by atoms with van der Waals surface area (Å²) in [5, 5.41) is 24.3. The van der Waals surface area contributed by atoms with E-state index < -0.39 is 0 Å². The number of rotatable bonds is 1. The maximum Gasteiger partial charge on any atom is 0.290 e. The number of aromatic nitrogens is 1. The first kappa shape index (κ1) is 24.3. The average molecular weight is 411 g/mol. The highest BCUT2D eigenvalue weighted by molar-refractivity contribution is 5.92. The molecule has 10 heteroatoms. The minimum atomic E-state index is -0.370. The molecule has 1 aromatic heterocycles. The molecule has 162 valence electrons. The van der Waals surface area contributed by atoms with Crippen LogP contribution in [0.25, 0.3) is 0 Å². The molecule has 10 nitrogen and oxygen atoms in total. The number of pyridine rings is 1. The van der Waals surface area contributed by atoms with Gasteiger partial charge in [-0.3, -0.25) is 19.2 Å². The van der Waals surface area contributed by atoms with Crippen molar-refractivity contribution in [1.29, 1.82) is 0 Å². The van der Waals surface area contributed by atoms with Crippen LogP contribution in [0.1, 0.15) is 35.4 Å². The van der Waals surface area contributed by atoms with Crippen LogP contribution in [0, 0.1) is 12.3 Å². The molecule has 2 fully saturated rings. The fourth-order valence-corrected chi connectivity index (χ4v) is 4.07. The largest absolute Gasteiger partial charge is 0.483 e. The lowest BCUT2D eigenvalue weighted by molar-refractivity contribution is -0.123. The second kappa shape index (κ2) is 11.3. The van der Waals surface area contributed by atoms with Crippen LogP contribution in [0.4, 0.5) is 0 Å². The Kier molecular flexibility index (Phi) is 9.49. The molecule has 1 amide bonds. The number of nitrogens with one attached hydrogen (secondary N) is 1. The average Bonchev–Trinajstić information content (AvgIpc) is 2.65. The number of carbonyl (C=O) groups excluding carboxylic acids is 1. The summed E-state index contributed by atoms with van der Waals surface area (Å²) in [6, 6.07) is 2.84. The van der Waals surface area contributed by atoms with Crippen LogP contribution in [0.3, 0.4) is 0 Å².